The third-order valence-electron chi connectivity index (χ3n) is 2.83. The Morgan fingerprint density at radius 1 is 1.00 bits per heavy atom. The van der Waals surface area contributed by atoms with Crippen molar-refractivity contribution in [2.75, 3.05) is 6.54 Å². The van der Waals surface area contributed by atoms with Gasteiger partial charge in [-0.25, -0.2) is 4.74 Å². The predicted molar refractivity (Wildman–Crippen MR) is 75.0 cm³/mol. The number of rotatable bonds is 4. The van der Waals surface area contributed by atoms with Gasteiger partial charge in [-0.2, -0.15) is 0 Å². The minimum Gasteiger partial charge on any atom is -0.624 e. The van der Waals surface area contributed by atoms with Gasteiger partial charge in [-0.15, -0.1) is 0 Å². The van der Waals surface area contributed by atoms with Crippen LogP contribution in [0.4, 0.5) is 0 Å². The first-order chi connectivity index (χ1) is 8.74. The molecule has 18 heavy (non-hydrogen) atoms. The molecule has 0 aromatic heterocycles. The zero-order valence-electron chi connectivity index (χ0n) is 10.5. The molecule has 0 aliphatic rings. The van der Waals surface area contributed by atoms with Crippen molar-refractivity contribution in [2.45, 2.75) is 13.3 Å². The van der Waals surface area contributed by atoms with E-state index in [2.05, 4.69) is 0 Å². The van der Waals surface area contributed by atoms with Gasteiger partial charge < -0.3 is 5.21 Å². The Labute approximate surface area is 108 Å². The van der Waals surface area contributed by atoms with Gasteiger partial charge in [-0.3, -0.25) is 0 Å². The summed E-state index contributed by atoms with van der Waals surface area (Å²) in [5.41, 5.74) is 3.34. The molecule has 0 atom stereocenters. The molecule has 0 radical (unpaired) electrons. The van der Waals surface area contributed by atoms with Crippen molar-refractivity contribution in [3.05, 3.63) is 76.5 Å². The average molecular weight is 239 g/mol. The topological polar surface area (TPSA) is 26.1 Å². The Bertz CT molecular complexity index is 515. The van der Waals surface area contributed by atoms with E-state index in [1.807, 2.05) is 61.5 Å². The van der Waals surface area contributed by atoms with E-state index in [-0.39, 0.29) is 0 Å². The molecule has 92 valence electrons. The molecule has 2 rings (SSSR count). The van der Waals surface area contributed by atoms with Crippen LogP contribution >= 0.6 is 0 Å². The fourth-order valence-corrected chi connectivity index (χ4v) is 1.77. The van der Waals surface area contributed by atoms with E-state index in [4.69, 9.17) is 0 Å². The standard InChI is InChI=1S/C16H17NO/c1-14-7-9-16(10-8-14)13-17(18)12-11-15-5-3-2-4-6-15/h2-10,13H,11-12H2,1H3/b17-13-. The lowest BCUT2D eigenvalue weighted by Crippen LogP contribution is -2.10. The van der Waals surface area contributed by atoms with Crippen LogP contribution in [-0.2, 0) is 6.42 Å². The molecule has 2 nitrogen and oxygen atoms in total. The lowest BCUT2D eigenvalue weighted by atomic mass is 10.1. The van der Waals surface area contributed by atoms with Crippen molar-refractivity contribution in [3.8, 4) is 0 Å². The van der Waals surface area contributed by atoms with Crippen molar-refractivity contribution >= 4 is 6.21 Å². The minimum atomic E-state index is 0.484. The van der Waals surface area contributed by atoms with Crippen molar-refractivity contribution in [1.82, 2.24) is 0 Å². The van der Waals surface area contributed by atoms with Crippen LogP contribution in [-0.4, -0.2) is 17.5 Å². The van der Waals surface area contributed by atoms with Crippen LogP contribution in [0.15, 0.2) is 54.6 Å². The molecule has 0 bridgehead atoms. The van der Waals surface area contributed by atoms with Crippen LogP contribution in [0.2, 0.25) is 0 Å². The number of hydroxylamine groups is 1. The van der Waals surface area contributed by atoms with Crippen LogP contribution in [0.1, 0.15) is 16.7 Å². The van der Waals surface area contributed by atoms with Gasteiger partial charge in [0, 0.05) is 12.0 Å². The highest BCUT2D eigenvalue weighted by atomic mass is 16.5. The van der Waals surface area contributed by atoms with Gasteiger partial charge >= 0.3 is 0 Å². The van der Waals surface area contributed by atoms with Crippen LogP contribution in [0.25, 0.3) is 0 Å². The van der Waals surface area contributed by atoms with Gasteiger partial charge in [-0.1, -0.05) is 48.0 Å². The van der Waals surface area contributed by atoms with Crippen LogP contribution in [0, 0.1) is 12.1 Å². The van der Waals surface area contributed by atoms with Crippen molar-refractivity contribution in [2.24, 2.45) is 0 Å². The fourth-order valence-electron chi connectivity index (χ4n) is 1.77. The maximum atomic E-state index is 11.7. The Morgan fingerprint density at radius 3 is 2.33 bits per heavy atom. The number of hydrogen-bond donors (Lipinski definition) is 0. The second kappa shape index (κ2) is 6.01. The summed E-state index contributed by atoms with van der Waals surface area (Å²) in [6.45, 7) is 2.52. The zero-order valence-corrected chi connectivity index (χ0v) is 10.5. The second-order valence-electron chi connectivity index (χ2n) is 4.42. The summed E-state index contributed by atoms with van der Waals surface area (Å²) in [6.07, 6.45) is 2.41. The van der Waals surface area contributed by atoms with E-state index in [9.17, 15) is 5.21 Å². The maximum Gasteiger partial charge on any atom is 0.181 e. The van der Waals surface area contributed by atoms with Gasteiger partial charge in [0.1, 0.15) is 0 Å². The van der Waals surface area contributed by atoms with Gasteiger partial charge in [-0.05, 0) is 24.6 Å². The number of hydrogen-bond acceptors (Lipinski definition) is 1. The molecule has 0 aliphatic carbocycles. The van der Waals surface area contributed by atoms with Gasteiger partial charge in [0.15, 0.2) is 12.8 Å². The molecular weight excluding hydrogens is 222 g/mol. The van der Waals surface area contributed by atoms with E-state index >= 15 is 0 Å². The molecule has 0 saturated carbocycles. The Hall–Kier alpha value is -2.09. The third kappa shape index (κ3) is 3.74. The molecule has 0 fully saturated rings. The molecule has 2 aromatic rings. The van der Waals surface area contributed by atoms with Crippen LogP contribution in [0.5, 0.6) is 0 Å². The smallest absolute Gasteiger partial charge is 0.181 e. The molecule has 2 aromatic carbocycles. The van der Waals surface area contributed by atoms with E-state index < -0.39 is 0 Å². The van der Waals surface area contributed by atoms with Crippen LogP contribution < -0.4 is 0 Å². The number of benzene rings is 2. The van der Waals surface area contributed by atoms with E-state index in [1.165, 1.54) is 11.1 Å². The summed E-state index contributed by atoms with van der Waals surface area (Å²) in [4.78, 5) is 0. The molecule has 0 saturated heterocycles. The second-order valence-corrected chi connectivity index (χ2v) is 4.42. The monoisotopic (exact) mass is 239 g/mol. The maximum absolute atomic E-state index is 11.7. The molecule has 0 N–H and O–H groups in total. The lowest BCUT2D eigenvalue weighted by Gasteiger charge is -2.04. The normalized spacial score (nSPS) is 11.5. The summed E-state index contributed by atoms with van der Waals surface area (Å²) in [5.74, 6) is 0. The highest BCUT2D eigenvalue weighted by Gasteiger charge is 1.98. The summed E-state index contributed by atoms with van der Waals surface area (Å²) in [7, 11) is 0. The zero-order chi connectivity index (χ0) is 12.8. The molecule has 0 unspecified atom stereocenters. The fraction of sp³-hybridized carbons (Fsp3) is 0.188. The van der Waals surface area contributed by atoms with E-state index in [0.717, 1.165) is 16.7 Å². The highest BCUT2D eigenvalue weighted by molar-refractivity contribution is 5.75. The predicted octanol–water partition coefficient (Wildman–Crippen LogP) is 3.17. The summed E-state index contributed by atoms with van der Waals surface area (Å²) in [5, 5.41) is 11.7. The Kier molecular flexibility index (Phi) is 4.13. The first-order valence-electron chi connectivity index (χ1n) is 6.13. The largest absolute Gasteiger partial charge is 0.624 e. The molecule has 0 spiro atoms. The number of nitrogens with zero attached hydrogens (tertiary/aromatic N) is 1. The van der Waals surface area contributed by atoms with E-state index in [1.54, 1.807) is 6.21 Å². The average Bonchev–Trinajstić information content (AvgIpc) is 2.40. The first-order valence-corrected chi connectivity index (χ1v) is 6.13. The Balaban J connectivity index is 1.95. The third-order valence-corrected chi connectivity index (χ3v) is 2.83. The van der Waals surface area contributed by atoms with Crippen molar-refractivity contribution in [1.29, 1.82) is 0 Å². The summed E-state index contributed by atoms with van der Waals surface area (Å²) < 4.78 is 0.998. The van der Waals surface area contributed by atoms with E-state index in [0.29, 0.717) is 6.54 Å². The first kappa shape index (κ1) is 12.4. The number of aryl methyl sites for hydroxylation is 1. The minimum absolute atomic E-state index is 0.484. The summed E-state index contributed by atoms with van der Waals surface area (Å²) in [6, 6.07) is 18.0. The molecular formula is C16H17NO. The van der Waals surface area contributed by atoms with Crippen molar-refractivity contribution < 1.29 is 4.74 Å². The SMILES string of the molecule is Cc1ccc(/C=[N+](\[O-])CCc2ccccc2)cc1. The lowest BCUT2D eigenvalue weighted by molar-refractivity contribution is -0.451. The molecule has 2 heteroatoms. The van der Waals surface area contributed by atoms with Gasteiger partial charge in [0.2, 0.25) is 0 Å². The van der Waals surface area contributed by atoms with Crippen LogP contribution in [0.3, 0.4) is 0 Å². The summed E-state index contributed by atoms with van der Waals surface area (Å²) >= 11 is 0. The van der Waals surface area contributed by atoms with Crippen molar-refractivity contribution in [3.63, 3.8) is 0 Å². The quantitative estimate of drug-likeness (QED) is 0.348. The van der Waals surface area contributed by atoms with Gasteiger partial charge in [0.25, 0.3) is 0 Å². The van der Waals surface area contributed by atoms with Gasteiger partial charge in [0.05, 0.1) is 0 Å². The molecule has 0 aliphatic heterocycles. The molecule has 0 heterocycles. The highest BCUT2D eigenvalue weighted by Crippen LogP contribution is 2.02. The molecule has 0 amide bonds. The Morgan fingerprint density at radius 2 is 1.67 bits per heavy atom.